The fraction of sp³-hybridized carbons (Fsp3) is 0.226. The molecule has 0 aliphatic carbocycles. The van der Waals surface area contributed by atoms with Gasteiger partial charge >= 0.3 is 0 Å². The zero-order chi connectivity index (χ0) is 24.3. The van der Waals surface area contributed by atoms with E-state index in [4.69, 9.17) is 14.4 Å². The zero-order valence-corrected chi connectivity index (χ0v) is 20.8. The molecule has 0 fully saturated rings. The highest BCUT2D eigenvalue weighted by Gasteiger charge is 2.24. The van der Waals surface area contributed by atoms with Crippen LogP contribution in [0.3, 0.4) is 0 Å². The number of fused-ring (bicyclic) bond motifs is 4. The van der Waals surface area contributed by atoms with Crippen LogP contribution in [0.15, 0.2) is 77.2 Å². The monoisotopic (exact) mass is 459 g/mol. The summed E-state index contributed by atoms with van der Waals surface area (Å²) in [7, 11) is 0. The number of benzene rings is 3. The van der Waals surface area contributed by atoms with Crippen LogP contribution in [-0.2, 0) is 0 Å². The van der Waals surface area contributed by atoms with Crippen molar-refractivity contribution in [2.45, 2.75) is 46.5 Å². The van der Waals surface area contributed by atoms with Crippen LogP contribution in [0.5, 0.6) is 0 Å². The highest BCUT2D eigenvalue weighted by atomic mass is 16.3. The first-order valence-electron chi connectivity index (χ1n) is 12.3. The smallest absolute Gasteiger partial charge is 0.165 e. The van der Waals surface area contributed by atoms with Gasteiger partial charge in [-0.05, 0) is 54.2 Å². The van der Waals surface area contributed by atoms with Crippen molar-refractivity contribution in [1.29, 1.82) is 0 Å². The molecule has 0 saturated carbocycles. The molecule has 0 N–H and O–H groups in total. The lowest BCUT2D eigenvalue weighted by Gasteiger charge is -2.22. The molecule has 0 atom stereocenters. The Balaban J connectivity index is 1.78. The third kappa shape index (κ3) is 3.35. The SMILES string of the molecule is Cc1ccc2nc(-c3cccc4c3oc3ccccc34)n(-c3c(C(C)C)cccc3C(C)C)c2n1. The Kier molecular flexibility index (Phi) is 4.99. The fourth-order valence-corrected chi connectivity index (χ4v) is 5.14. The molecule has 3 aromatic heterocycles. The average Bonchev–Trinajstić information content (AvgIpc) is 3.41. The molecule has 0 aliphatic heterocycles. The fourth-order valence-electron chi connectivity index (χ4n) is 5.14. The number of aromatic nitrogens is 3. The molecule has 0 unspecified atom stereocenters. The van der Waals surface area contributed by atoms with Gasteiger partial charge in [-0.3, -0.25) is 4.57 Å². The quantitative estimate of drug-likeness (QED) is 0.265. The summed E-state index contributed by atoms with van der Waals surface area (Å²) in [4.78, 5) is 10.2. The van der Waals surface area contributed by atoms with Crippen molar-refractivity contribution in [3.8, 4) is 17.1 Å². The van der Waals surface area contributed by atoms with Gasteiger partial charge < -0.3 is 4.42 Å². The average molecular weight is 460 g/mol. The number of nitrogens with zero attached hydrogens (tertiary/aromatic N) is 3. The van der Waals surface area contributed by atoms with Gasteiger partial charge in [-0.25, -0.2) is 9.97 Å². The molecule has 3 heterocycles. The van der Waals surface area contributed by atoms with Crippen LogP contribution in [-0.4, -0.2) is 14.5 Å². The molecular formula is C31H29N3O. The predicted molar refractivity (Wildman–Crippen MR) is 144 cm³/mol. The van der Waals surface area contributed by atoms with E-state index in [0.29, 0.717) is 11.8 Å². The molecular weight excluding hydrogens is 430 g/mol. The van der Waals surface area contributed by atoms with E-state index in [1.54, 1.807) is 0 Å². The summed E-state index contributed by atoms with van der Waals surface area (Å²) in [5.74, 6) is 1.55. The van der Waals surface area contributed by atoms with Gasteiger partial charge in [0, 0.05) is 16.5 Å². The molecule has 0 aliphatic rings. The number of imidazole rings is 1. The van der Waals surface area contributed by atoms with Crippen LogP contribution >= 0.6 is 0 Å². The second-order valence-electron chi connectivity index (χ2n) is 9.94. The molecule has 6 rings (SSSR count). The molecule has 3 aromatic carbocycles. The highest BCUT2D eigenvalue weighted by molar-refractivity contribution is 6.09. The van der Waals surface area contributed by atoms with Gasteiger partial charge in [-0.1, -0.05) is 76.2 Å². The predicted octanol–water partition coefficient (Wildman–Crippen LogP) is 8.54. The van der Waals surface area contributed by atoms with Gasteiger partial charge in [0.2, 0.25) is 0 Å². The van der Waals surface area contributed by atoms with Crippen molar-refractivity contribution in [1.82, 2.24) is 14.5 Å². The largest absolute Gasteiger partial charge is 0.455 e. The Bertz CT molecular complexity index is 1690. The van der Waals surface area contributed by atoms with Gasteiger partial charge in [-0.15, -0.1) is 0 Å². The van der Waals surface area contributed by atoms with E-state index >= 15 is 0 Å². The lowest BCUT2D eigenvalue weighted by molar-refractivity contribution is 0.669. The number of pyridine rings is 1. The highest BCUT2D eigenvalue weighted by Crippen LogP contribution is 2.40. The lowest BCUT2D eigenvalue weighted by atomic mass is 9.92. The van der Waals surface area contributed by atoms with Crippen LogP contribution < -0.4 is 0 Å². The molecule has 0 radical (unpaired) electrons. The van der Waals surface area contributed by atoms with Gasteiger partial charge in [-0.2, -0.15) is 0 Å². The summed E-state index contributed by atoms with van der Waals surface area (Å²) >= 11 is 0. The summed E-state index contributed by atoms with van der Waals surface area (Å²) in [6.07, 6.45) is 0. The molecule has 0 amide bonds. The van der Waals surface area contributed by atoms with Gasteiger partial charge in [0.05, 0.1) is 11.3 Å². The summed E-state index contributed by atoms with van der Waals surface area (Å²) < 4.78 is 8.70. The Labute approximate surface area is 205 Å². The number of hydrogen-bond donors (Lipinski definition) is 0. The van der Waals surface area contributed by atoms with Crippen molar-refractivity contribution in [3.63, 3.8) is 0 Å². The molecule has 4 heteroatoms. The second kappa shape index (κ2) is 8.09. The number of furan rings is 1. The van der Waals surface area contributed by atoms with Crippen molar-refractivity contribution in [3.05, 3.63) is 89.6 Å². The third-order valence-corrected chi connectivity index (χ3v) is 6.85. The topological polar surface area (TPSA) is 43.9 Å². The van der Waals surface area contributed by atoms with Gasteiger partial charge in [0.1, 0.15) is 16.7 Å². The van der Waals surface area contributed by atoms with Crippen molar-refractivity contribution in [2.75, 3.05) is 0 Å². The minimum absolute atomic E-state index is 0.348. The summed E-state index contributed by atoms with van der Waals surface area (Å²) in [5, 5.41) is 2.22. The van der Waals surface area contributed by atoms with Crippen LogP contribution in [0.1, 0.15) is 56.4 Å². The van der Waals surface area contributed by atoms with Crippen molar-refractivity contribution < 1.29 is 4.42 Å². The molecule has 0 saturated heterocycles. The van der Waals surface area contributed by atoms with E-state index in [9.17, 15) is 0 Å². The lowest BCUT2D eigenvalue weighted by Crippen LogP contribution is -2.09. The molecule has 35 heavy (non-hydrogen) atoms. The zero-order valence-electron chi connectivity index (χ0n) is 20.8. The minimum Gasteiger partial charge on any atom is -0.455 e. The van der Waals surface area contributed by atoms with E-state index in [1.165, 1.54) is 16.8 Å². The van der Waals surface area contributed by atoms with Crippen LogP contribution in [0.4, 0.5) is 0 Å². The molecule has 4 nitrogen and oxygen atoms in total. The number of hydrogen-bond acceptors (Lipinski definition) is 3. The molecule has 6 aromatic rings. The van der Waals surface area contributed by atoms with Crippen molar-refractivity contribution >= 4 is 33.1 Å². The van der Waals surface area contributed by atoms with E-state index < -0.39 is 0 Å². The third-order valence-electron chi connectivity index (χ3n) is 6.85. The standard InChI is InChI=1S/C31H29N3O/c1-18(2)21-11-8-12-22(19(3)4)28(21)34-30(33-26-17-16-20(5)32-31(26)34)25-14-9-13-24-23-10-6-7-15-27(23)35-29(24)25/h6-19H,1-5H3. The number of aryl methyl sites for hydroxylation is 1. The Hall–Kier alpha value is -3.92. The van der Waals surface area contributed by atoms with E-state index in [1.807, 2.05) is 25.1 Å². The first-order valence-corrected chi connectivity index (χ1v) is 12.3. The second-order valence-corrected chi connectivity index (χ2v) is 9.94. The van der Waals surface area contributed by atoms with Crippen molar-refractivity contribution in [2.24, 2.45) is 0 Å². The Morgan fingerprint density at radius 3 is 2.14 bits per heavy atom. The molecule has 0 bridgehead atoms. The summed E-state index contributed by atoms with van der Waals surface area (Å²) in [5.41, 5.74) is 9.21. The first-order chi connectivity index (χ1) is 16.9. The van der Waals surface area contributed by atoms with Crippen LogP contribution in [0.2, 0.25) is 0 Å². The Morgan fingerprint density at radius 1 is 0.714 bits per heavy atom. The van der Waals surface area contributed by atoms with Crippen LogP contribution in [0, 0.1) is 6.92 Å². The Morgan fingerprint density at radius 2 is 1.40 bits per heavy atom. The summed E-state index contributed by atoms with van der Waals surface area (Å²) in [6.45, 7) is 11.0. The van der Waals surface area contributed by atoms with Crippen LogP contribution in [0.25, 0.3) is 50.2 Å². The maximum absolute atomic E-state index is 6.43. The van der Waals surface area contributed by atoms with E-state index in [0.717, 1.165) is 50.2 Å². The van der Waals surface area contributed by atoms with E-state index in [2.05, 4.69) is 86.9 Å². The van der Waals surface area contributed by atoms with E-state index in [-0.39, 0.29) is 0 Å². The molecule has 0 spiro atoms. The summed E-state index contributed by atoms with van der Waals surface area (Å²) in [6, 6.07) is 25.3. The maximum Gasteiger partial charge on any atom is 0.165 e. The number of para-hydroxylation sites is 3. The van der Waals surface area contributed by atoms with Gasteiger partial charge in [0.25, 0.3) is 0 Å². The van der Waals surface area contributed by atoms with Gasteiger partial charge in [0.15, 0.2) is 11.5 Å². The first kappa shape index (κ1) is 21.6. The minimum atomic E-state index is 0.348. The maximum atomic E-state index is 6.43. The normalized spacial score (nSPS) is 12.1. The molecule has 174 valence electrons. The number of rotatable bonds is 4.